The van der Waals surface area contributed by atoms with E-state index in [1.807, 2.05) is 0 Å². The van der Waals surface area contributed by atoms with Crippen molar-refractivity contribution in [3.8, 4) is 22.9 Å². The average Bonchev–Trinajstić information content (AvgIpc) is 2.99. The SMILES string of the molecule is CCCCCCCCCCOc1ccc(-c2ccc(C3CCC(C(C#N)CCCCCCC)CC3)cc2)cc1. The fourth-order valence-corrected chi connectivity index (χ4v) is 6.35. The maximum atomic E-state index is 9.77. The molecule has 2 aromatic rings. The van der Waals surface area contributed by atoms with Crippen LogP contribution in [0.5, 0.6) is 5.75 Å². The summed E-state index contributed by atoms with van der Waals surface area (Å²) < 4.78 is 5.99. The first-order valence-electron chi connectivity index (χ1n) is 16.5. The van der Waals surface area contributed by atoms with Gasteiger partial charge in [0.25, 0.3) is 0 Å². The zero-order valence-electron chi connectivity index (χ0n) is 25.1. The van der Waals surface area contributed by atoms with Crippen molar-refractivity contribution in [1.29, 1.82) is 5.26 Å². The van der Waals surface area contributed by atoms with Gasteiger partial charge in [-0.05, 0) is 79.2 Å². The number of unbranched alkanes of at least 4 members (excludes halogenated alkanes) is 11. The van der Waals surface area contributed by atoms with E-state index in [1.54, 1.807) is 0 Å². The molecule has 0 spiro atoms. The second-order valence-corrected chi connectivity index (χ2v) is 12.0. The van der Waals surface area contributed by atoms with Gasteiger partial charge in [0.1, 0.15) is 5.75 Å². The molecule has 0 aliphatic heterocycles. The zero-order chi connectivity index (χ0) is 27.5. The van der Waals surface area contributed by atoms with Gasteiger partial charge in [0.15, 0.2) is 0 Å². The molecule has 0 N–H and O–H groups in total. The van der Waals surface area contributed by atoms with Crippen molar-refractivity contribution in [2.75, 3.05) is 6.61 Å². The maximum Gasteiger partial charge on any atom is 0.119 e. The number of rotatable bonds is 19. The molecule has 0 heterocycles. The summed E-state index contributed by atoms with van der Waals surface area (Å²) in [5, 5.41) is 9.77. The number of ether oxygens (including phenoxy) is 1. The van der Waals surface area contributed by atoms with Gasteiger partial charge in [0, 0.05) is 5.92 Å². The third-order valence-corrected chi connectivity index (χ3v) is 8.96. The second kappa shape index (κ2) is 18.9. The Morgan fingerprint density at radius 1 is 0.667 bits per heavy atom. The van der Waals surface area contributed by atoms with Gasteiger partial charge >= 0.3 is 0 Å². The van der Waals surface area contributed by atoms with Crippen molar-refractivity contribution in [2.45, 2.75) is 135 Å². The van der Waals surface area contributed by atoms with Gasteiger partial charge in [0.2, 0.25) is 0 Å². The van der Waals surface area contributed by atoms with Gasteiger partial charge < -0.3 is 4.74 Å². The summed E-state index contributed by atoms with van der Waals surface area (Å²) in [5.74, 6) is 2.49. The fourth-order valence-electron chi connectivity index (χ4n) is 6.35. The monoisotopic (exact) mass is 529 g/mol. The van der Waals surface area contributed by atoms with Crippen LogP contribution in [0.15, 0.2) is 48.5 Å². The lowest BCUT2D eigenvalue weighted by molar-refractivity contribution is 0.256. The first-order valence-corrected chi connectivity index (χ1v) is 16.5. The summed E-state index contributed by atoms with van der Waals surface area (Å²) in [6, 6.07) is 20.5. The van der Waals surface area contributed by atoms with E-state index in [0.717, 1.165) is 25.2 Å². The van der Waals surface area contributed by atoms with Gasteiger partial charge in [0.05, 0.1) is 12.7 Å². The van der Waals surface area contributed by atoms with Gasteiger partial charge in [-0.15, -0.1) is 0 Å². The lowest BCUT2D eigenvalue weighted by atomic mass is 9.73. The molecule has 214 valence electrons. The summed E-state index contributed by atoms with van der Waals surface area (Å²) in [5.41, 5.74) is 3.99. The van der Waals surface area contributed by atoms with Crippen molar-refractivity contribution in [3.63, 3.8) is 0 Å². The van der Waals surface area contributed by atoms with Gasteiger partial charge in [-0.1, -0.05) is 127 Å². The Bertz CT molecular complexity index is 917. The molecule has 1 aliphatic carbocycles. The largest absolute Gasteiger partial charge is 0.494 e. The molecule has 2 nitrogen and oxygen atoms in total. The molecule has 3 rings (SSSR count). The quantitative estimate of drug-likeness (QED) is 0.169. The highest BCUT2D eigenvalue weighted by Gasteiger charge is 2.28. The molecule has 2 aromatic carbocycles. The number of nitriles is 1. The Kier molecular flexibility index (Phi) is 15.2. The molecular weight excluding hydrogens is 474 g/mol. The second-order valence-electron chi connectivity index (χ2n) is 12.0. The van der Waals surface area contributed by atoms with E-state index in [2.05, 4.69) is 68.4 Å². The molecule has 2 heteroatoms. The van der Waals surface area contributed by atoms with Crippen molar-refractivity contribution >= 4 is 0 Å². The molecule has 1 unspecified atom stereocenters. The predicted octanol–water partition coefficient (Wildman–Crippen LogP) is 11.6. The van der Waals surface area contributed by atoms with E-state index in [1.165, 1.54) is 119 Å². The van der Waals surface area contributed by atoms with Gasteiger partial charge in [-0.2, -0.15) is 5.26 Å². The third kappa shape index (κ3) is 11.4. The van der Waals surface area contributed by atoms with Crippen LogP contribution in [0.25, 0.3) is 11.1 Å². The molecular formula is C37H55NO. The van der Waals surface area contributed by atoms with Crippen molar-refractivity contribution < 1.29 is 4.74 Å². The smallest absolute Gasteiger partial charge is 0.119 e. The van der Waals surface area contributed by atoms with Crippen LogP contribution in [0, 0.1) is 23.2 Å². The molecule has 0 bridgehead atoms. The Morgan fingerprint density at radius 2 is 1.18 bits per heavy atom. The molecule has 1 atom stereocenters. The number of hydrogen-bond donors (Lipinski definition) is 0. The Labute approximate surface area is 240 Å². The number of nitrogens with zero attached hydrogens (tertiary/aromatic N) is 1. The number of hydrogen-bond acceptors (Lipinski definition) is 2. The molecule has 0 amide bonds. The molecule has 1 aliphatic rings. The van der Waals surface area contributed by atoms with Crippen molar-refractivity contribution in [1.82, 2.24) is 0 Å². The van der Waals surface area contributed by atoms with E-state index in [4.69, 9.17) is 4.74 Å². The van der Waals surface area contributed by atoms with E-state index in [9.17, 15) is 5.26 Å². The fraction of sp³-hybridized carbons (Fsp3) is 0.649. The molecule has 1 saturated carbocycles. The molecule has 39 heavy (non-hydrogen) atoms. The Hall–Kier alpha value is -2.27. The summed E-state index contributed by atoms with van der Waals surface area (Å²) in [4.78, 5) is 0. The summed E-state index contributed by atoms with van der Waals surface area (Å²) in [7, 11) is 0. The summed E-state index contributed by atoms with van der Waals surface area (Å²) in [6.07, 6.45) is 23.1. The van der Waals surface area contributed by atoms with Crippen LogP contribution in [-0.2, 0) is 0 Å². The lowest BCUT2D eigenvalue weighted by Crippen LogP contribution is -2.20. The van der Waals surface area contributed by atoms with Gasteiger partial charge in [-0.25, -0.2) is 0 Å². The highest BCUT2D eigenvalue weighted by Crippen LogP contribution is 2.40. The Morgan fingerprint density at radius 3 is 1.74 bits per heavy atom. The number of benzene rings is 2. The van der Waals surface area contributed by atoms with Crippen LogP contribution in [0.3, 0.4) is 0 Å². The van der Waals surface area contributed by atoms with Crippen LogP contribution < -0.4 is 4.74 Å². The van der Waals surface area contributed by atoms with E-state index < -0.39 is 0 Å². The van der Waals surface area contributed by atoms with E-state index in [-0.39, 0.29) is 5.92 Å². The Balaban J connectivity index is 1.36. The molecule has 0 radical (unpaired) electrons. The molecule has 0 aromatic heterocycles. The normalized spacial score (nSPS) is 18.0. The topological polar surface area (TPSA) is 33.0 Å². The first kappa shape index (κ1) is 31.3. The standard InChI is InChI=1S/C37H55NO/c1-3-5-7-9-10-11-13-15-29-39-37-27-25-34(26-28-37)33-19-17-31(18-20-33)32-21-23-35(24-22-32)36(30-38)16-14-12-8-6-4-2/h17-20,25-28,32,35-36H,3-16,21-24,29H2,1-2H3. The highest BCUT2D eigenvalue weighted by molar-refractivity contribution is 5.64. The van der Waals surface area contributed by atoms with Gasteiger partial charge in [-0.3, -0.25) is 0 Å². The van der Waals surface area contributed by atoms with E-state index in [0.29, 0.717) is 11.8 Å². The van der Waals surface area contributed by atoms with Crippen molar-refractivity contribution in [3.05, 3.63) is 54.1 Å². The minimum Gasteiger partial charge on any atom is -0.494 e. The zero-order valence-corrected chi connectivity index (χ0v) is 25.1. The lowest BCUT2D eigenvalue weighted by Gasteiger charge is -2.31. The summed E-state index contributed by atoms with van der Waals surface area (Å²) in [6.45, 7) is 5.35. The average molecular weight is 530 g/mol. The maximum absolute atomic E-state index is 9.77. The van der Waals surface area contributed by atoms with E-state index >= 15 is 0 Å². The van der Waals surface area contributed by atoms with Crippen LogP contribution in [0.1, 0.15) is 141 Å². The van der Waals surface area contributed by atoms with Crippen LogP contribution in [0.4, 0.5) is 0 Å². The summed E-state index contributed by atoms with van der Waals surface area (Å²) >= 11 is 0. The minimum absolute atomic E-state index is 0.266. The van der Waals surface area contributed by atoms with Crippen LogP contribution in [-0.4, -0.2) is 6.61 Å². The van der Waals surface area contributed by atoms with Crippen molar-refractivity contribution in [2.24, 2.45) is 11.8 Å². The molecule has 1 fully saturated rings. The highest BCUT2D eigenvalue weighted by atomic mass is 16.5. The van der Waals surface area contributed by atoms with Crippen LogP contribution >= 0.6 is 0 Å². The van der Waals surface area contributed by atoms with Crippen LogP contribution in [0.2, 0.25) is 0 Å². The molecule has 0 saturated heterocycles. The predicted molar refractivity (Wildman–Crippen MR) is 167 cm³/mol. The first-order chi connectivity index (χ1) is 19.2. The third-order valence-electron chi connectivity index (χ3n) is 8.96. The minimum atomic E-state index is 0.266.